The fourth-order valence-corrected chi connectivity index (χ4v) is 1.60. The van der Waals surface area contributed by atoms with E-state index in [-0.39, 0.29) is 11.4 Å². The highest BCUT2D eigenvalue weighted by atomic mass is 16.6. The highest BCUT2D eigenvalue weighted by molar-refractivity contribution is 5.58. The monoisotopic (exact) mass is 256 g/mol. The Morgan fingerprint density at radius 2 is 1.79 bits per heavy atom. The van der Waals surface area contributed by atoms with Crippen molar-refractivity contribution in [2.75, 3.05) is 5.73 Å². The predicted octanol–water partition coefficient (Wildman–Crippen LogP) is 3.90. The van der Waals surface area contributed by atoms with E-state index in [1.807, 2.05) is 6.92 Å². The van der Waals surface area contributed by atoms with Gasteiger partial charge in [-0.3, -0.25) is 10.1 Å². The minimum absolute atomic E-state index is 0.0700. The third-order valence-corrected chi connectivity index (χ3v) is 2.56. The number of hydrogen-bond donors (Lipinski definition) is 1. The highest BCUT2D eigenvalue weighted by Gasteiger charge is 2.11. The van der Waals surface area contributed by atoms with Crippen LogP contribution in [-0.2, 0) is 0 Å². The number of nitrogens with zero attached hydrogens (tertiary/aromatic N) is 3. The molecule has 0 atom stereocenters. The van der Waals surface area contributed by atoms with Crippen molar-refractivity contribution in [1.29, 1.82) is 0 Å². The van der Waals surface area contributed by atoms with Crippen molar-refractivity contribution in [2.45, 2.75) is 6.92 Å². The second kappa shape index (κ2) is 5.26. The molecule has 19 heavy (non-hydrogen) atoms. The molecule has 6 nitrogen and oxygen atoms in total. The summed E-state index contributed by atoms with van der Waals surface area (Å²) in [6.45, 7) is 1.85. The molecule has 0 radical (unpaired) electrons. The SMILES string of the molecule is Cc1cc(N)ccc1N=Nc1ccccc1[N+](=O)[O-]. The lowest BCUT2D eigenvalue weighted by Gasteiger charge is -2.00. The molecule has 2 rings (SSSR count). The van der Waals surface area contributed by atoms with E-state index in [2.05, 4.69) is 10.2 Å². The molecule has 0 aromatic heterocycles. The van der Waals surface area contributed by atoms with Gasteiger partial charge in [0.25, 0.3) is 5.69 Å². The van der Waals surface area contributed by atoms with Gasteiger partial charge in [0.2, 0.25) is 0 Å². The number of nitro groups is 1. The number of aryl methyl sites for hydroxylation is 1. The number of azo groups is 1. The van der Waals surface area contributed by atoms with Crippen molar-refractivity contribution < 1.29 is 4.92 Å². The van der Waals surface area contributed by atoms with Crippen LogP contribution in [0.1, 0.15) is 5.56 Å². The molecule has 0 aliphatic rings. The summed E-state index contributed by atoms with van der Waals surface area (Å²) in [7, 11) is 0. The van der Waals surface area contributed by atoms with Crippen molar-refractivity contribution in [1.82, 2.24) is 0 Å². The average Bonchev–Trinajstić information content (AvgIpc) is 2.38. The molecular weight excluding hydrogens is 244 g/mol. The van der Waals surface area contributed by atoms with Crippen molar-refractivity contribution in [2.24, 2.45) is 10.2 Å². The Morgan fingerprint density at radius 1 is 1.11 bits per heavy atom. The summed E-state index contributed by atoms with van der Waals surface area (Å²) in [5.41, 5.74) is 7.93. The van der Waals surface area contributed by atoms with Crippen LogP contribution in [0.5, 0.6) is 0 Å². The second-order valence-electron chi connectivity index (χ2n) is 3.99. The third-order valence-electron chi connectivity index (χ3n) is 2.56. The Bertz CT molecular complexity index is 653. The van der Waals surface area contributed by atoms with E-state index in [0.29, 0.717) is 11.4 Å². The van der Waals surface area contributed by atoms with Crippen LogP contribution in [0.15, 0.2) is 52.7 Å². The summed E-state index contributed by atoms with van der Waals surface area (Å²) in [5.74, 6) is 0. The summed E-state index contributed by atoms with van der Waals surface area (Å²) in [6.07, 6.45) is 0. The maximum absolute atomic E-state index is 10.8. The van der Waals surface area contributed by atoms with Crippen LogP contribution in [0.4, 0.5) is 22.7 Å². The molecule has 2 aromatic carbocycles. The molecule has 2 N–H and O–H groups in total. The van der Waals surface area contributed by atoms with Crippen LogP contribution in [0.25, 0.3) is 0 Å². The topological polar surface area (TPSA) is 93.9 Å². The van der Waals surface area contributed by atoms with Gasteiger partial charge in [-0.05, 0) is 36.8 Å². The maximum Gasteiger partial charge on any atom is 0.296 e. The van der Waals surface area contributed by atoms with Gasteiger partial charge >= 0.3 is 0 Å². The smallest absolute Gasteiger partial charge is 0.296 e. The number of hydrogen-bond acceptors (Lipinski definition) is 5. The summed E-state index contributed by atoms with van der Waals surface area (Å²) < 4.78 is 0. The maximum atomic E-state index is 10.8. The summed E-state index contributed by atoms with van der Waals surface area (Å²) in [5, 5.41) is 18.8. The van der Waals surface area contributed by atoms with Gasteiger partial charge in [0.1, 0.15) is 0 Å². The zero-order valence-corrected chi connectivity index (χ0v) is 10.3. The first-order valence-corrected chi connectivity index (χ1v) is 5.59. The molecule has 0 amide bonds. The quantitative estimate of drug-likeness (QED) is 0.390. The van der Waals surface area contributed by atoms with E-state index in [9.17, 15) is 10.1 Å². The fraction of sp³-hybridized carbons (Fsp3) is 0.0769. The van der Waals surface area contributed by atoms with Crippen LogP contribution in [0.3, 0.4) is 0 Å². The van der Waals surface area contributed by atoms with Crippen LogP contribution in [-0.4, -0.2) is 4.92 Å². The van der Waals surface area contributed by atoms with Crippen LogP contribution in [0.2, 0.25) is 0 Å². The van der Waals surface area contributed by atoms with E-state index >= 15 is 0 Å². The number of benzene rings is 2. The normalized spacial score (nSPS) is 10.8. The largest absolute Gasteiger partial charge is 0.399 e. The second-order valence-corrected chi connectivity index (χ2v) is 3.99. The molecule has 96 valence electrons. The van der Waals surface area contributed by atoms with Crippen LogP contribution < -0.4 is 5.73 Å². The number of nitrogen functional groups attached to an aromatic ring is 1. The van der Waals surface area contributed by atoms with Crippen LogP contribution in [0, 0.1) is 17.0 Å². The molecule has 0 spiro atoms. The predicted molar refractivity (Wildman–Crippen MR) is 72.9 cm³/mol. The van der Waals surface area contributed by atoms with E-state index < -0.39 is 4.92 Å². The van der Waals surface area contributed by atoms with E-state index in [1.165, 1.54) is 6.07 Å². The number of nitrogens with two attached hydrogens (primary N) is 1. The van der Waals surface area contributed by atoms with Crippen molar-refractivity contribution in [3.63, 3.8) is 0 Å². The molecule has 0 heterocycles. The van der Waals surface area contributed by atoms with Crippen LogP contribution >= 0.6 is 0 Å². The third kappa shape index (κ3) is 2.92. The van der Waals surface area contributed by atoms with Gasteiger partial charge in [0, 0.05) is 11.8 Å². The lowest BCUT2D eigenvalue weighted by molar-refractivity contribution is -0.384. The van der Waals surface area contributed by atoms with Gasteiger partial charge in [0.05, 0.1) is 10.6 Å². The molecule has 0 aliphatic carbocycles. The molecule has 6 heteroatoms. The zero-order valence-electron chi connectivity index (χ0n) is 10.3. The Kier molecular flexibility index (Phi) is 3.51. The molecular formula is C13H12N4O2. The number of para-hydroxylation sites is 1. The Balaban J connectivity index is 2.35. The van der Waals surface area contributed by atoms with Gasteiger partial charge < -0.3 is 5.73 Å². The standard InChI is InChI=1S/C13H12N4O2/c1-9-8-10(14)6-7-11(9)15-16-12-4-2-3-5-13(12)17(18)19/h2-8H,14H2,1H3. The minimum atomic E-state index is -0.482. The molecule has 0 unspecified atom stereocenters. The molecule has 0 bridgehead atoms. The Morgan fingerprint density at radius 3 is 2.47 bits per heavy atom. The van der Waals surface area contributed by atoms with Gasteiger partial charge in [-0.25, -0.2) is 0 Å². The summed E-state index contributed by atoms with van der Waals surface area (Å²) in [6, 6.07) is 11.4. The fourth-order valence-electron chi connectivity index (χ4n) is 1.60. The van der Waals surface area contributed by atoms with E-state index in [1.54, 1.807) is 36.4 Å². The first-order chi connectivity index (χ1) is 9.08. The van der Waals surface area contributed by atoms with Crippen molar-refractivity contribution in [3.8, 4) is 0 Å². The molecule has 0 fully saturated rings. The Labute approximate surface area is 109 Å². The minimum Gasteiger partial charge on any atom is -0.399 e. The van der Waals surface area contributed by atoms with Gasteiger partial charge in [-0.15, -0.1) is 5.11 Å². The number of nitro benzene ring substituents is 1. The first kappa shape index (κ1) is 12.7. The molecule has 0 saturated carbocycles. The zero-order chi connectivity index (χ0) is 13.8. The number of anilines is 1. The Hall–Kier alpha value is -2.76. The molecule has 0 aliphatic heterocycles. The summed E-state index contributed by atoms with van der Waals surface area (Å²) in [4.78, 5) is 10.4. The van der Waals surface area contributed by atoms with Crippen molar-refractivity contribution >= 4 is 22.7 Å². The first-order valence-electron chi connectivity index (χ1n) is 5.59. The average molecular weight is 256 g/mol. The van der Waals surface area contributed by atoms with E-state index in [0.717, 1.165) is 5.56 Å². The van der Waals surface area contributed by atoms with E-state index in [4.69, 9.17) is 5.73 Å². The lowest BCUT2D eigenvalue weighted by Crippen LogP contribution is -1.87. The molecule has 2 aromatic rings. The summed E-state index contributed by atoms with van der Waals surface area (Å²) >= 11 is 0. The molecule has 0 saturated heterocycles. The number of rotatable bonds is 3. The van der Waals surface area contributed by atoms with Gasteiger partial charge in [-0.1, -0.05) is 12.1 Å². The van der Waals surface area contributed by atoms with Gasteiger partial charge in [-0.2, -0.15) is 5.11 Å². The van der Waals surface area contributed by atoms with Gasteiger partial charge in [0.15, 0.2) is 5.69 Å². The highest BCUT2D eigenvalue weighted by Crippen LogP contribution is 2.29. The van der Waals surface area contributed by atoms with Crippen molar-refractivity contribution in [3.05, 3.63) is 58.1 Å². The lowest BCUT2D eigenvalue weighted by atomic mass is 10.2.